The Morgan fingerprint density at radius 2 is 1.69 bits per heavy atom. The monoisotopic (exact) mass is 497 g/mol. The first-order valence-electron chi connectivity index (χ1n) is 10.9. The number of rotatable bonds is 11. The van der Waals surface area contributed by atoms with E-state index in [4.69, 9.17) is 18.9 Å². The van der Waals surface area contributed by atoms with Crippen molar-refractivity contribution in [2.75, 3.05) is 24.8 Å². The molecule has 184 valence electrons. The average Bonchev–Trinajstić information content (AvgIpc) is 2.87. The van der Waals surface area contributed by atoms with Crippen molar-refractivity contribution in [3.8, 4) is 17.2 Å². The van der Waals surface area contributed by atoms with Gasteiger partial charge in [-0.15, -0.1) is 0 Å². The second-order valence-corrected chi connectivity index (χ2v) is 7.70. The number of benzene rings is 3. The first-order chi connectivity index (χ1) is 17.0. The van der Waals surface area contributed by atoms with E-state index < -0.39 is 24.3 Å². The molecule has 35 heavy (non-hydrogen) atoms. The van der Waals surface area contributed by atoms with Crippen molar-refractivity contribution >= 4 is 30.4 Å². The molecule has 3 aromatic carbocycles. The smallest absolute Gasteiger partial charge is 0.412 e. The number of nitrogens with one attached hydrogen (secondary N) is 1. The first-order valence-corrected chi connectivity index (χ1v) is 11.5. The lowest BCUT2D eigenvalue weighted by Crippen LogP contribution is -2.32. The number of hydrogen-bond acceptors (Lipinski definition) is 8. The zero-order valence-corrected chi connectivity index (χ0v) is 20.0. The number of phenols is 1. The molecule has 0 saturated carbocycles. The molecule has 0 radical (unpaired) electrons. The number of carbonyl (C=O) groups excluding carboxylic acids is 2. The van der Waals surface area contributed by atoms with E-state index in [2.05, 4.69) is 17.9 Å². The van der Waals surface area contributed by atoms with Gasteiger partial charge in [-0.3, -0.25) is 10.1 Å². The third-order valence-corrected chi connectivity index (χ3v) is 5.21. The van der Waals surface area contributed by atoms with E-state index in [1.807, 2.05) is 24.3 Å². The third-order valence-electron chi connectivity index (χ3n) is 4.95. The summed E-state index contributed by atoms with van der Waals surface area (Å²) >= 11 is 3.92. The topological polar surface area (TPSA) is 103 Å². The molecule has 0 aliphatic heterocycles. The van der Waals surface area contributed by atoms with Crippen molar-refractivity contribution in [3.05, 3.63) is 84.4 Å². The zero-order chi connectivity index (χ0) is 25.0. The number of hydrogen-bond donors (Lipinski definition) is 3. The summed E-state index contributed by atoms with van der Waals surface area (Å²) in [7, 11) is 1.44. The van der Waals surface area contributed by atoms with Crippen molar-refractivity contribution < 1.29 is 33.6 Å². The molecule has 3 rings (SSSR count). The summed E-state index contributed by atoms with van der Waals surface area (Å²) in [5.41, 5.74) is 1.02. The van der Waals surface area contributed by atoms with E-state index in [1.54, 1.807) is 48.5 Å². The number of amides is 1. The average molecular weight is 498 g/mol. The summed E-state index contributed by atoms with van der Waals surface area (Å²) in [4.78, 5) is 24.4. The highest BCUT2D eigenvalue weighted by Crippen LogP contribution is 2.34. The van der Waals surface area contributed by atoms with Gasteiger partial charge in [-0.25, -0.2) is 4.79 Å². The van der Waals surface area contributed by atoms with E-state index in [-0.39, 0.29) is 30.3 Å². The maximum Gasteiger partial charge on any atom is 0.412 e. The van der Waals surface area contributed by atoms with Crippen molar-refractivity contribution in [1.29, 1.82) is 0 Å². The van der Waals surface area contributed by atoms with Gasteiger partial charge in [-0.1, -0.05) is 42.5 Å². The van der Waals surface area contributed by atoms with Crippen molar-refractivity contribution in [2.45, 2.75) is 18.6 Å². The van der Waals surface area contributed by atoms with Crippen molar-refractivity contribution in [2.24, 2.45) is 0 Å². The second-order valence-electron chi connectivity index (χ2n) is 7.38. The predicted octanol–water partition coefficient (Wildman–Crippen LogP) is 5.00. The first kappa shape index (κ1) is 25.8. The minimum Gasteiger partial charge on any atom is -0.504 e. The fourth-order valence-corrected chi connectivity index (χ4v) is 3.40. The van der Waals surface area contributed by atoms with Crippen LogP contribution in [0, 0.1) is 0 Å². The molecule has 0 unspecified atom stereocenters. The van der Waals surface area contributed by atoms with Crippen LogP contribution in [0.3, 0.4) is 0 Å². The normalized spacial score (nSPS) is 12.2. The minimum absolute atomic E-state index is 0.0131. The Hall–Kier alpha value is -3.85. The second kappa shape index (κ2) is 13.1. The van der Waals surface area contributed by atoms with Gasteiger partial charge in [0.25, 0.3) is 0 Å². The zero-order valence-electron chi connectivity index (χ0n) is 19.1. The lowest BCUT2D eigenvalue weighted by molar-refractivity contribution is -0.141. The summed E-state index contributed by atoms with van der Waals surface area (Å²) < 4.78 is 22.3. The van der Waals surface area contributed by atoms with Gasteiger partial charge in [0, 0.05) is 17.7 Å². The van der Waals surface area contributed by atoms with Crippen LogP contribution in [-0.4, -0.2) is 42.7 Å². The Kier molecular flexibility index (Phi) is 9.68. The molecule has 0 bridgehead atoms. The summed E-state index contributed by atoms with van der Waals surface area (Å²) in [6.45, 7) is 0.0131. The summed E-state index contributed by atoms with van der Waals surface area (Å²) in [6, 6.07) is 22.5. The Balaban J connectivity index is 1.90. The van der Waals surface area contributed by atoms with Crippen LogP contribution in [0.2, 0.25) is 0 Å². The molecule has 0 spiro atoms. The maximum atomic E-state index is 12.8. The van der Waals surface area contributed by atoms with Crippen LogP contribution in [0.1, 0.15) is 18.1 Å². The minimum atomic E-state index is -0.967. The summed E-state index contributed by atoms with van der Waals surface area (Å²) in [5.74, 6) is 0.142. The molecular formula is C26H27NO7S. The van der Waals surface area contributed by atoms with E-state index >= 15 is 0 Å². The van der Waals surface area contributed by atoms with E-state index in [1.165, 1.54) is 13.2 Å². The van der Waals surface area contributed by atoms with Crippen LogP contribution in [0.15, 0.2) is 78.9 Å². The number of thiol groups is 1. The maximum absolute atomic E-state index is 12.8. The van der Waals surface area contributed by atoms with Gasteiger partial charge in [0.05, 0.1) is 19.5 Å². The molecule has 0 aromatic heterocycles. The van der Waals surface area contributed by atoms with Gasteiger partial charge < -0.3 is 24.1 Å². The summed E-state index contributed by atoms with van der Waals surface area (Å²) in [6.07, 6.45) is -2.25. The highest BCUT2D eigenvalue weighted by molar-refractivity contribution is 7.81. The molecule has 0 aliphatic rings. The Bertz CT molecular complexity index is 1100. The third kappa shape index (κ3) is 7.86. The van der Waals surface area contributed by atoms with Gasteiger partial charge in [0.2, 0.25) is 0 Å². The molecule has 0 saturated heterocycles. The van der Waals surface area contributed by atoms with Crippen LogP contribution in [0.25, 0.3) is 0 Å². The number of anilines is 1. The molecule has 2 N–H and O–H groups in total. The van der Waals surface area contributed by atoms with Gasteiger partial charge in [0.15, 0.2) is 17.6 Å². The molecule has 9 heteroatoms. The van der Waals surface area contributed by atoms with Gasteiger partial charge in [0.1, 0.15) is 11.9 Å². The van der Waals surface area contributed by atoms with Crippen LogP contribution in [-0.2, 0) is 14.3 Å². The fourth-order valence-electron chi connectivity index (χ4n) is 3.31. The van der Waals surface area contributed by atoms with Crippen LogP contribution in [0.4, 0.5) is 10.5 Å². The van der Waals surface area contributed by atoms with Crippen molar-refractivity contribution in [3.63, 3.8) is 0 Å². The molecule has 8 nitrogen and oxygen atoms in total. The standard InChI is InChI=1S/C26H27NO7S/c1-31-22-13-12-18(16-21(22)28)25(34-26(30)27-19-8-4-2-5-9-19)23(14-15-32-24(29)17-35)33-20-10-6-3-7-11-20/h2-13,16,23,25,28,35H,14-15,17H2,1H3,(H,27,30)/t23-,25-/m1/s1. The van der Waals surface area contributed by atoms with E-state index in [9.17, 15) is 14.7 Å². The largest absolute Gasteiger partial charge is 0.504 e. The lowest BCUT2D eigenvalue weighted by atomic mass is 10.0. The number of para-hydroxylation sites is 2. The molecule has 0 fully saturated rings. The van der Waals surface area contributed by atoms with Crippen LogP contribution < -0.4 is 14.8 Å². The number of carbonyl (C=O) groups is 2. The number of phenolic OH excluding ortho intramolecular Hbond substituents is 1. The van der Waals surface area contributed by atoms with Gasteiger partial charge in [-0.2, -0.15) is 12.6 Å². The fraction of sp³-hybridized carbons (Fsp3) is 0.231. The molecule has 2 atom stereocenters. The molecule has 3 aromatic rings. The van der Waals surface area contributed by atoms with E-state index in [0.29, 0.717) is 17.0 Å². The molecular weight excluding hydrogens is 470 g/mol. The SMILES string of the molecule is COc1ccc([C@@H](OC(=O)Nc2ccccc2)[C@@H](CCOC(=O)CS)Oc2ccccc2)cc1O. The number of methoxy groups -OCH3 is 1. The number of aromatic hydroxyl groups is 1. The van der Waals surface area contributed by atoms with Crippen molar-refractivity contribution in [1.82, 2.24) is 0 Å². The van der Waals surface area contributed by atoms with Crippen LogP contribution in [0.5, 0.6) is 17.2 Å². The Labute approximate surface area is 209 Å². The number of esters is 1. The molecule has 0 heterocycles. The highest BCUT2D eigenvalue weighted by atomic mass is 32.1. The highest BCUT2D eigenvalue weighted by Gasteiger charge is 2.30. The predicted molar refractivity (Wildman–Crippen MR) is 134 cm³/mol. The van der Waals surface area contributed by atoms with E-state index in [0.717, 1.165) is 0 Å². The molecule has 1 amide bonds. The summed E-state index contributed by atoms with van der Waals surface area (Å²) in [5, 5.41) is 13.0. The lowest BCUT2D eigenvalue weighted by Gasteiger charge is -2.28. The van der Waals surface area contributed by atoms with Gasteiger partial charge in [-0.05, 0) is 36.4 Å². The van der Waals surface area contributed by atoms with Gasteiger partial charge >= 0.3 is 12.1 Å². The Morgan fingerprint density at radius 1 is 1.00 bits per heavy atom. The Morgan fingerprint density at radius 3 is 2.31 bits per heavy atom. The van der Waals surface area contributed by atoms with Crippen LogP contribution >= 0.6 is 12.6 Å². The molecule has 0 aliphatic carbocycles. The number of ether oxygens (including phenoxy) is 4. The quantitative estimate of drug-likeness (QED) is 0.253.